The van der Waals surface area contributed by atoms with Crippen molar-refractivity contribution >= 4 is 11.8 Å². The summed E-state index contributed by atoms with van der Waals surface area (Å²) in [7, 11) is 0. The molecule has 4 heteroatoms. The minimum atomic E-state index is -0.646. The highest BCUT2D eigenvalue weighted by molar-refractivity contribution is 5.63. The van der Waals surface area contributed by atoms with Gasteiger partial charge in [-0.1, -0.05) is 30.3 Å². The number of anilines is 1. The Morgan fingerprint density at radius 1 is 1.04 bits per heavy atom. The Balaban J connectivity index is 1.66. The van der Waals surface area contributed by atoms with E-state index in [0.29, 0.717) is 12.4 Å². The Morgan fingerprint density at radius 3 is 2.54 bits per heavy atom. The number of nitrogens with zero attached hydrogens (tertiary/aromatic N) is 1. The van der Waals surface area contributed by atoms with Crippen LogP contribution >= 0.6 is 0 Å². The quantitative estimate of drug-likeness (QED) is 0.396. The second-order valence-electron chi connectivity index (χ2n) is 5.64. The molecule has 24 heavy (non-hydrogen) atoms. The maximum atomic E-state index is 11.6. The molecular formula is C20H25NO3. The minimum Gasteiger partial charge on any atom is -0.434 e. The number of hydrogen-bond donors (Lipinski definition) is 0. The Kier molecular flexibility index (Phi) is 7.15. The van der Waals surface area contributed by atoms with Gasteiger partial charge in [-0.3, -0.25) is 0 Å². The van der Waals surface area contributed by atoms with Gasteiger partial charge in [0, 0.05) is 18.8 Å². The number of benzene rings is 2. The van der Waals surface area contributed by atoms with Crippen LogP contribution in [0.3, 0.4) is 0 Å². The average Bonchev–Trinajstić information content (AvgIpc) is 2.59. The third-order valence-electron chi connectivity index (χ3n) is 3.74. The third kappa shape index (κ3) is 5.95. The number of para-hydroxylation sites is 1. The molecule has 0 fully saturated rings. The zero-order chi connectivity index (χ0) is 17.2. The lowest BCUT2D eigenvalue weighted by atomic mass is 10.2. The van der Waals surface area contributed by atoms with Gasteiger partial charge in [0.25, 0.3) is 0 Å². The summed E-state index contributed by atoms with van der Waals surface area (Å²) in [4.78, 5) is 13.9. The molecule has 0 spiro atoms. The van der Waals surface area contributed by atoms with Gasteiger partial charge in [0.15, 0.2) is 0 Å². The molecule has 2 aromatic rings. The van der Waals surface area contributed by atoms with Gasteiger partial charge >= 0.3 is 6.16 Å². The first-order valence-corrected chi connectivity index (χ1v) is 8.40. The van der Waals surface area contributed by atoms with Crippen molar-refractivity contribution in [1.82, 2.24) is 0 Å². The molecule has 0 aliphatic heterocycles. The first-order valence-electron chi connectivity index (χ1n) is 8.40. The summed E-state index contributed by atoms with van der Waals surface area (Å²) < 4.78 is 10.2. The highest BCUT2D eigenvalue weighted by atomic mass is 16.7. The lowest BCUT2D eigenvalue weighted by Gasteiger charge is -2.23. The van der Waals surface area contributed by atoms with E-state index in [0.717, 1.165) is 25.9 Å². The SMILES string of the molecule is CCN(CCCCOC(=O)Oc1ccccc1)c1cccc(C)c1. The molecule has 0 radical (unpaired) electrons. The topological polar surface area (TPSA) is 38.8 Å². The molecule has 0 atom stereocenters. The van der Waals surface area contributed by atoms with Crippen LogP contribution in [0.5, 0.6) is 5.75 Å². The van der Waals surface area contributed by atoms with E-state index in [1.807, 2.05) is 18.2 Å². The summed E-state index contributed by atoms with van der Waals surface area (Å²) in [6.07, 6.45) is 1.12. The molecular weight excluding hydrogens is 302 g/mol. The van der Waals surface area contributed by atoms with Crippen molar-refractivity contribution in [3.05, 3.63) is 60.2 Å². The zero-order valence-electron chi connectivity index (χ0n) is 14.4. The van der Waals surface area contributed by atoms with Crippen LogP contribution in [0.15, 0.2) is 54.6 Å². The molecule has 0 unspecified atom stereocenters. The number of carbonyl (C=O) groups is 1. The molecule has 0 saturated carbocycles. The molecule has 0 heterocycles. The summed E-state index contributed by atoms with van der Waals surface area (Å²) >= 11 is 0. The molecule has 2 rings (SSSR count). The fourth-order valence-electron chi connectivity index (χ4n) is 2.47. The fourth-order valence-corrected chi connectivity index (χ4v) is 2.47. The van der Waals surface area contributed by atoms with Crippen molar-refractivity contribution in [2.45, 2.75) is 26.7 Å². The third-order valence-corrected chi connectivity index (χ3v) is 3.74. The Hall–Kier alpha value is -2.49. The first kappa shape index (κ1) is 17.9. The summed E-state index contributed by atoms with van der Waals surface area (Å²) in [5.41, 5.74) is 2.50. The van der Waals surface area contributed by atoms with Crippen molar-refractivity contribution in [2.24, 2.45) is 0 Å². The highest BCUT2D eigenvalue weighted by Gasteiger charge is 2.07. The molecule has 0 N–H and O–H groups in total. The fraction of sp³-hybridized carbons (Fsp3) is 0.350. The minimum absolute atomic E-state index is 0.372. The molecule has 2 aromatic carbocycles. The van der Waals surface area contributed by atoms with Gasteiger partial charge in [-0.25, -0.2) is 4.79 Å². The maximum Gasteiger partial charge on any atom is 0.513 e. The number of carbonyl (C=O) groups excluding carboxylic acids is 1. The van der Waals surface area contributed by atoms with Crippen LogP contribution in [0.4, 0.5) is 10.5 Å². The van der Waals surface area contributed by atoms with Gasteiger partial charge in [0.1, 0.15) is 5.75 Å². The summed E-state index contributed by atoms with van der Waals surface area (Å²) in [6, 6.07) is 17.4. The summed E-state index contributed by atoms with van der Waals surface area (Å²) in [5, 5.41) is 0. The van der Waals surface area contributed by atoms with Gasteiger partial charge in [0.05, 0.1) is 6.61 Å². The second-order valence-corrected chi connectivity index (χ2v) is 5.64. The number of aryl methyl sites for hydroxylation is 1. The van der Waals surface area contributed by atoms with E-state index in [2.05, 4.69) is 43.0 Å². The molecule has 4 nitrogen and oxygen atoms in total. The molecule has 0 saturated heterocycles. The van der Waals surface area contributed by atoms with E-state index in [1.165, 1.54) is 11.3 Å². The Labute approximate surface area is 144 Å². The monoisotopic (exact) mass is 327 g/mol. The van der Waals surface area contributed by atoms with E-state index < -0.39 is 6.16 Å². The number of unbranched alkanes of at least 4 members (excludes halogenated alkanes) is 1. The normalized spacial score (nSPS) is 10.2. The van der Waals surface area contributed by atoms with E-state index in [1.54, 1.807) is 12.1 Å². The smallest absolute Gasteiger partial charge is 0.434 e. The van der Waals surface area contributed by atoms with Crippen LogP contribution in [0.25, 0.3) is 0 Å². The van der Waals surface area contributed by atoms with Gasteiger partial charge < -0.3 is 14.4 Å². The second kappa shape index (κ2) is 9.60. The zero-order valence-corrected chi connectivity index (χ0v) is 14.4. The molecule has 128 valence electrons. The van der Waals surface area contributed by atoms with Crippen molar-refractivity contribution < 1.29 is 14.3 Å². The Morgan fingerprint density at radius 2 is 1.83 bits per heavy atom. The summed E-state index contributed by atoms with van der Waals surface area (Å²) in [6.45, 7) is 6.52. The van der Waals surface area contributed by atoms with Gasteiger partial charge in [-0.15, -0.1) is 0 Å². The van der Waals surface area contributed by atoms with Gasteiger partial charge in [-0.2, -0.15) is 0 Å². The van der Waals surface area contributed by atoms with E-state index in [9.17, 15) is 4.79 Å². The van der Waals surface area contributed by atoms with Crippen LogP contribution in [-0.4, -0.2) is 25.9 Å². The van der Waals surface area contributed by atoms with Crippen LogP contribution in [0, 0.1) is 6.92 Å². The summed E-state index contributed by atoms with van der Waals surface area (Å²) in [5.74, 6) is 0.499. The van der Waals surface area contributed by atoms with Gasteiger partial charge in [-0.05, 0) is 56.5 Å². The lowest BCUT2D eigenvalue weighted by Crippen LogP contribution is -2.24. The highest BCUT2D eigenvalue weighted by Crippen LogP contribution is 2.16. The van der Waals surface area contributed by atoms with Gasteiger partial charge in [0.2, 0.25) is 0 Å². The van der Waals surface area contributed by atoms with Crippen LogP contribution in [0.2, 0.25) is 0 Å². The largest absolute Gasteiger partial charge is 0.513 e. The average molecular weight is 327 g/mol. The molecule has 0 bridgehead atoms. The number of ether oxygens (including phenoxy) is 2. The predicted molar refractivity (Wildman–Crippen MR) is 96.7 cm³/mol. The standard InChI is InChI=1S/C20H25NO3/c1-3-21(18-11-9-10-17(2)16-18)14-7-8-15-23-20(22)24-19-12-5-4-6-13-19/h4-6,9-13,16H,3,7-8,14-15H2,1-2H3. The van der Waals surface area contributed by atoms with Crippen molar-refractivity contribution in [3.63, 3.8) is 0 Å². The van der Waals surface area contributed by atoms with Crippen LogP contribution in [0.1, 0.15) is 25.3 Å². The van der Waals surface area contributed by atoms with E-state index >= 15 is 0 Å². The van der Waals surface area contributed by atoms with E-state index in [-0.39, 0.29) is 0 Å². The van der Waals surface area contributed by atoms with Crippen molar-refractivity contribution in [2.75, 3.05) is 24.6 Å². The number of rotatable bonds is 8. The predicted octanol–water partition coefficient (Wildman–Crippen LogP) is 4.82. The Bertz CT molecular complexity index is 628. The van der Waals surface area contributed by atoms with Crippen molar-refractivity contribution in [3.8, 4) is 5.75 Å². The molecule has 0 aliphatic rings. The molecule has 0 aliphatic carbocycles. The van der Waals surface area contributed by atoms with Crippen molar-refractivity contribution in [1.29, 1.82) is 0 Å². The first-order chi connectivity index (χ1) is 11.7. The number of hydrogen-bond acceptors (Lipinski definition) is 4. The lowest BCUT2D eigenvalue weighted by molar-refractivity contribution is 0.0976. The molecule has 0 aromatic heterocycles. The van der Waals surface area contributed by atoms with E-state index in [4.69, 9.17) is 9.47 Å². The van der Waals surface area contributed by atoms with Crippen LogP contribution in [-0.2, 0) is 4.74 Å². The maximum absolute atomic E-state index is 11.6. The molecule has 0 amide bonds. The van der Waals surface area contributed by atoms with Crippen LogP contribution < -0.4 is 9.64 Å².